The molecule has 0 unspecified atom stereocenters. The topological polar surface area (TPSA) is 66.0 Å². The van der Waals surface area contributed by atoms with Crippen LogP contribution in [0.2, 0.25) is 0 Å². The van der Waals surface area contributed by atoms with Crippen molar-refractivity contribution in [2.24, 2.45) is 11.3 Å². The van der Waals surface area contributed by atoms with Crippen LogP contribution in [0.5, 0.6) is 0 Å². The van der Waals surface area contributed by atoms with Gasteiger partial charge in [0.15, 0.2) is 0 Å². The molecule has 1 saturated carbocycles. The highest BCUT2D eigenvalue weighted by Crippen LogP contribution is 2.65. The molecule has 1 heterocycles. The minimum absolute atomic E-state index is 0.0342. The van der Waals surface area contributed by atoms with E-state index in [-0.39, 0.29) is 22.7 Å². The van der Waals surface area contributed by atoms with Gasteiger partial charge in [-0.1, -0.05) is 34.6 Å². The van der Waals surface area contributed by atoms with E-state index in [2.05, 4.69) is 31.0 Å². The minimum atomic E-state index is -0.707. The Hall–Kier alpha value is -1.32. The van der Waals surface area contributed by atoms with Crippen molar-refractivity contribution in [3.8, 4) is 0 Å². The zero-order valence-electron chi connectivity index (χ0n) is 11.0. The van der Waals surface area contributed by atoms with Crippen molar-refractivity contribution in [3.63, 3.8) is 0 Å². The summed E-state index contributed by atoms with van der Waals surface area (Å²) >= 11 is 0. The summed E-state index contributed by atoms with van der Waals surface area (Å²) in [7, 11) is 0. The summed E-state index contributed by atoms with van der Waals surface area (Å²) in [6.07, 6.45) is 1.79. The Bertz CT molecular complexity index is 454. The van der Waals surface area contributed by atoms with Gasteiger partial charge >= 0.3 is 5.97 Å². The summed E-state index contributed by atoms with van der Waals surface area (Å²) in [4.78, 5) is 11.2. The second kappa shape index (κ2) is 3.34. The van der Waals surface area contributed by atoms with Crippen molar-refractivity contribution in [2.45, 2.75) is 46.0 Å². The Morgan fingerprint density at radius 2 is 2.06 bits per heavy atom. The fraction of sp³-hybridized carbons (Fsp3) is 0.692. The number of aromatic amines is 1. The average Bonchev–Trinajstić information content (AvgIpc) is 2.59. The van der Waals surface area contributed by atoms with E-state index in [1.165, 1.54) is 0 Å². The lowest BCUT2D eigenvalue weighted by molar-refractivity contribution is -0.139. The Balaban J connectivity index is 2.38. The molecule has 0 amide bonds. The number of aromatic nitrogens is 2. The number of carbonyl (C=O) groups is 1. The molecule has 17 heavy (non-hydrogen) atoms. The molecule has 4 nitrogen and oxygen atoms in total. The van der Waals surface area contributed by atoms with Crippen molar-refractivity contribution in [1.82, 2.24) is 10.2 Å². The lowest BCUT2D eigenvalue weighted by atomic mass is 9.87. The number of carboxylic acid groups (broad SMARTS) is 1. The fourth-order valence-electron chi connectivity index (χ4n) is 2.81. The van der Waals surface area contributed by atoms with Crippen LogP contribution in [0.1, 0.15) is 51.8 Å². The predicted octanol–water partition coefficient (Wildman–Crippen LogP) is 2.53. The maximum absolute atomic E-state index is 11.2. The van der Waals surface area contributed by atoms with E-state index < -0.39 is 5.97 Å². The molecule has 1 aromatic heterocycles. The number of hydrogen-bond acceptors (Lipinski definition) is 2. The summed E-state index contributed by atoms with van der Waals surface area (Å²) in [6, 6.07) is 0. The van der Waals surface area contributed by atoms with Crippen molar-refractivity contribution in [1.29, 1.82) is 0 Å². The highest BCUT2D eigenvalue weighted by atomic mass is 16.4. The average molecular weight is 236 g/mol. The molecule has 0 aliphatic heterocycles. The molecular formula is C13H20N2O2. The summed E-state index contributed by atoms with van der Waals surface area (Å²) in [5, 5.41) is 16.3. The Morgan fingerprint density at radius 3 is 2.47 bits per heavy atom. The van der Waals surface area contributed by atoms with E-state index in [0.29, 0.717) is 0 Å². The number of aliphatic carboxylic acids is 1. The van der Waals surface area contributed by atoms with Crippen LogP contribution in [0.3, 0.4) is 0 Å². The number of rotatable bonds is 2. The molecule has 0 bridgehead atoms. The van der Waals surface area contributed by atoms with Gasteiger partial charge < -0.3 is 5.11 Å². The quantitative estimate of drug-likeness (QED) is 0.829. The fourth-order valence-corrected chi connectivity index (χ4v) is 2.81. The minimum Gasteiger partial charge on any atom is -0.481 e. The molecule has 94 valence electrons. The molecular weight excluding hydrogens is 216 g/mol. The molecule has 0 saturated heterocycles. The third kappa shape index (κ3) is 1.75. The molecule has 1 aliphatic rings. The molecule has 1 aromatic rings. The highest BCUT2D eigenvalue weighted by Gasteiger charge is 2.63. The van der Waals surface area contributed by atoms with Crippen LogP contribution in [0.25, 0.3) is 0 Å². The van der Waals surface area contributed by atoms with Gasteiger partial charge in [-0.15, -0.1) is 0 Å². The normalized spacial score (nSPS) is 26.9. The first kappa shape index (κ1) is 12.1. The molecule has 0 aromatic carbocycles. The summed E-state index contributed by atoms with van der Waals surface area (Å²) in [6.45, 7) is 10.3. The van der Waals surface area contributed by atoms with Crippen molar-refractivity contribution < 1.29 is 9.90 Å². The lowest BCUT2D eigenvalue weighted by Crippen LogP contribution is -2.14. The van der Waals surface area contributed by atoms with Gasteiger partial charge in [0.1, 0.15) is 0 Å². The van der Waals surface area contributed by atoms with Gasteiger partial charge in [-0.05, 0) is 11.0 Å². The van der Waals surface area contributed by atoms with Gasteiger partial charge in [0.05, 0.1) is 12.1 Å². The SMILES string of the molecule is CC(C)(C)c1[nH]ncc1[C@@H]1[C@@H](C(=O)O)C1(C)C. The first-order valence-corrected chi connectivity index (χ1v) is 5.94. The second-order valence-electron chi connectivity index (χ2n) is 6.57. The smallest absolute Gasteiger partial charge is 0.307 e. The molecule has 1 fully saturated rings. The third-order valence-corrected chi connectivity index (χ3v) is 3.85. The van der Waals surface area contributed by atoms with E-state index in [1.807, 2.05) is 13.8 Å². The molecule has 4 heteroatoms. The number of H-pyrrole nitrogens is 1. The Kier molecular flexibility index (Phi) is 2.39. The van der Waals surface area contributed by atoms with Crippen molar-refractivity contribution in [2.75, 3.05) is 0 Å². The van der Waals surface area contributed by atoms with Gasteiger partial charge in [0.2, 0.25) is 0 Å². The van der Waals surface area contributed by atoms with Crippen molar-refractivity contribution >= 4 is 5.97 Å². The van der Waals surface area contributed by atoms with Crippen LogP contribution in [-0.2, 0) is 10.2 Å². The first-order valence-electron chi connectivity index (χ1n) is 5.94. The van der Waals surface area contributed by atoms with E-state index in [9.17, 15) is 9.90 Å². The summed E-state index contributed by atoms with van der Waals surface area (Å²) in [5.41, 5.74) is 1.91. The first-order chi connectivity index (χ1) is 7.67. The Labute approximate surface area is 101 Å². The molecule has 1 aliphatic carbocycles. The maximum Gasteiger partial charge on any atom is 0.307 e. The van der Waals surface area contributed by atoms with Crippen LogP contribution in [0, 0.1) is 11.3 Å². The van der Waals surface area contributed by atoms with Crippen LogP contribution in [0.4, 0.5) is 0 Å². The highest BCUT2D eigenvalue weighted by molar-refractivity contribution is 5.77. The molecule has 0 radical (unpaired) electrons. The van der Waals surface area contributed by atoms with Crippen LogP contribution < -0.4 is 0 Å². The molecule has 0 spiro atoms. The molecule has 2 atom stereocenters. The number of nitrogens with one attached hydrogen (secondary N) is 1. The molecule has 2 rings (SSSR count). The van der Waals surface area contributed by atoms with Crippen LogP contribution in [0.15, 0.2) is 6.20 Å². The largest absolute Gasteiger partial charge is 0.481 e. The maximum atomic E-state index is 11.2. The Morgan fingerprint density at radius 1 is 1.47 bits per heavy atom. The zero-order valence-corrected chi connectivity index (χ0v) is 11.0. The van der Waals surface area contributed by atoms with Gasteiger partial charge in [0, 0.05) is 17.0 Å². The van der Waals surface area contributed by atoms with Crippen LogP contribution in [-0.4, -0.2) is 21.3 Å². The van der Waals surface area contributed by atoms with Crippen molar-refractivity contribution in [3.05, 3.63) is 17.5 Å². The van der Waals surface area contributed by atoms with E-state index in [1.54, 1.807) is 6.20 Å². The van der Waals surface area contributed by atoms with E-state index in [4.69, 9.17) is 0 Å². The predicted molar refractivity (Wildman–Crippen MR) is 64.9 cm³/mol. The second-order valence-corrected chi connectivity index (χ2v) is 6.57. The number of nitrogens with zero attached hydrogens (tertiary/aromatic N) is 1. The number of carboxylic acids is 1. The zero-order chi connectivity index (χ0) is 13.0. The van der Waals surface area contributed by atoms with Gasteiger partial charge in [-0.25, -0.2) is 0 Å². The van der Waals surface area contributed by atoms with Gasteiger partial charge in [-0.2, -0.15) is 5.10 Å². The van der Waals surface area contributed by atoms with E-state index in [0.717, 1.165) is 11.3 Å². The summed E-state index contributed by atoms with van der Waals surface area (Å²) in [5.74, 6) is -0.921. The van der Waals surface area contributed by atoms with E-state index >= 15 is 0 Å². The molecule has 2 N–H and O–H groups in total. The van der Waals surface area contributed by atoms with Crippen LogP contribution >= 0.6 is 0 Å². The monoisotopic (exact) mass is 236 g/mol. The third-order valence-electron chi connectivity index (χ3n) is 3.85. The lowest BCUT2D eigenvalue weighted by Gasteiger charge is -2.18. The van der Waals surface area contributed by atoms with Gasteiger partial charge in [0.25, 0.3) is 0 Å². The van der Waals surface area contributed by atoms with Gasteiger partial charge in [-0.3, -0.25) is 9.89 Å². The summed E-state index contributed by atoms with van der Waals surface area (Å²) < 4.78 is 0. The standard InChI is InChI=1S/C13H20N2O2/c1-12(2,3)10-7(6-14-15-10)8-9(11(16)17)13(8,4)5/h6,8-9H,1-5H3,(H,14,15)(H,16,17)/t8-,9+/m1/s1. The number of hydrogen-bond donors (Lipinski definition) is 2.